The Morgan fingerprint density at radius 2 is 2.33 bits per heavy atom. The Morgan fingerprint density at radius 1 is 1.61 bits per heavy atom. The number of nitrogens with one attached hydrogen (secondary N) is 1. The minimum Gasteiger partial charge on any atom is -0.477 e. The Labute approximate surface area is 105 Å². The van der Waals surface area contributed by atoms with Crippen molar-refractivity contribution >= 4 is 11.9 Å². The van der Waals surface area contributed by atoms with Crippen molar-refractivity contribution in [3.05, 3.63) is 24.0 Å². The molecule has 0 saturated carbocycles. The summed E-state index contributed by atoms with van der Waals surface area (Å²) in [5.74, 6) is -1.09. The number of rotatable bonds is 6. The van der Waals surface area contributed by atoms with Gasteiger partial charge >= 0.3 is 5.97 Å². The van der Waals surface area contributed by atoms with Crippen LogP contribution >= 0.6 is 0 Å². The monoisotopic (exact) mass is 254 g/mol. The summed E-state index contributed by atoms with van der Waals surface area (Å²) in [4.78, 5) is 22.1. The Hall–Kier alpha value is -2.02. The predicted molar refractivity (Wildman–Crippen MR) is 61.4 cm³/mol. The summed E-state index contributed by atoms with van der Waals surface area (Å²) in [7, 11) is 0. The van der Waals surface area contributed by atoms with E-state index in [1.165, 1.54) is 6.20 Å². The molecule has 0 fully saturated rings. The first-order chi connectivity index (χ1) is 8.54. The summed E-state index contributed by atoms with van der Waals surface area (Å²) in [6.45, 7) is 2.86. The standard InChI is InChI=1S/C11H16N4O3/c1-2-13-10(16)8-3-5-15(14-7-8)6-4-9(12)11(17)18/h3,5,7,9H,2,4,6,12H2,1H3,(H-,13,16,17,18)/p+2/t9-/m0/s1. The van der Waals surface area contributed by atoms with Crippen LogP contribution in [0, 0.1) is 0 Å². The average Bonchev–Trinajstić information content (AvgIpc) is 2.36. The van der Waals surface area contributed by atoms with Gasteiger partial charge in [0.15, 0.2) is 18.8 Å². The molecule has 0 saturated heterocycles. The van der Waals surface area contributed by atoms with Gasteiger partial charge in [0.25, 0.3) is 5.91 Å². The van der Waals surface area contributed by atoms with Gasteiger partial charge in [0.1, 0.15) is 6.20 Å². The highest BCUT2D eigenvalue weighted by Crippen LogP contribution is 1.93. The Bertz CT molecular complexity index is 419. The Balaban J connectivity index is 2.55. The fraction of sp³-hybridized carbons (Fsp3) is 0.455. The zero-order valence-electron chi connectivity index (χ0n) is 10.3. The van der Waals surface area contributed by atoms with Crippen LogP contribution in [0.5, 0.6) is 0 Å². The van der Waals surface area contributed by atoms with E-state index in [2.05, 4.69) is 16.1 Å². The highest BCUT2D eigenvalue weighted by molar-refractivity contribution is 5.93. The first-order valence-electron chi connectivity index (χ1n) is 5.74. The topological polar surface area (TPSA) is 111 Å². The van der Waals surface area contributed by atoms with Crippen LogP contribution in [-0.4, -0.2) is 34.7 Å². The number of aryl methyl sites for hydroxylation is 1. The summed E-state index contributed by atoms with van der Waals surface area (Å²) in [6, 6.07) is 0.999. The summed E-state index contributed by atoms with van der Waals surface area (Å²) in [5, 5.41) is 15.4. The number of nitrogens with zero attached hydrogens (tertiary/aromatic N) is 2. The van der Waals surface area contributed by atoms with Gasteiger partial charge in [0.2, 0.25) is 0 Å². The van der Waals surface area contributed by atoms with Gasteiger partial charge in [-0.1, -0.05) is 4.68 Å². The smallest absolute Gasteiger partial charge is 0.362 e. The number of carbonyl (C=O) groups excluding carboxylic acids is 1. The molecule has 98 valence electrons. The Kier molecular flexibility index (Phi) is 5.19. The quantitative estimate of drug-likeness (QED) is 0.520. The molecule has 1 heterocycles. The van der Waals surface area contributed by atoms with Gasteiger partial charge < -0.3 is 16.2 Å². The van der Waals surface area contributed by atoms with Crippen molar-refractivity contribution in [2.45, 2.75) is 25.9 Å². The highest BCUT2D eigenvalue weighted by atomic mass is 16.4. The molecule has 1 amide bonds. The molecule has 1 atom stereocenters. The van der Waals surface area contributed by atoms with E-state index in [9.17, 15) is 9.59 Å². The molecule has 0 radical (unpaired) electrons. The predicted octanol–water partition coefficient (Wildman–Crippen LogP) is -1.80. The molecular formula is C11H18N4O3+2. The van der Waals surface area contributed by atoms with Crippen molar-refractivity contribution in [3.8, 4) is 0 Å². The van der Waals surface area contributed by atoms with Gasteiger partial charge in [-0.05, 0) is 12.0 Å². The lowest BCUT2D eigenvalue weighted by Crippen LogP contribution is -2.66. The number of carboxylic acid groups (broad SMARTS) is 1. The molecule has 1 aromatic rings. The third-order valence-corrected chi connectivity index (χ3v) is 2.43. The van der Waals surface area contributed by atoms with Crippen LogP contribution in [0.4, 0.5) is 0 Å². The zero-order chi connectivity index (χ0) is 13.5. The van der Waals surface area contributed by atoms with Gasteiger partial charge in [0, 0.05) is 12.6 Å². The van der Waals surface area contributed by atoms with Crippen LogP contribution in [0.3, 0.4) is 0 Å². The largest absolute Gasteiger partial charge is 0.477 e. The fourth-order valence-corrected chi connectivity index (χ4v) is 1.33. The highest BCUT2D eigenvalue weighted by Gasteiger charge is 2.18. The molecule has 7 heteroatoms. The Morgan fingerprint density at radius 3 is 2.83 bits per heavy atom. The molecule has 0 aliphatic carbocycles. The minimum atomic E-state index is -0.922. The zero-order valence-corrected chi connectivity index (χ0v) is 10.3. The molecule has 0 aliphatic rings. The van der Waals surface area contributed by atoms with Crippen molar-refractivity contribution in [2.24, 2.45) is 0 Å². The number of aliphatic carboxylic acids is 1. The van der Waals surface area contributed by atoms with Crippen molar-refractivity contribution in [1.29, 1.82) is 0 Å². The van der Waals surface area contributed by atoms with Crippen LogP contribution < -0.4 is 15.7 Å². The normalized spacial score (nSPS) is 11.9. The molecule has 1 rings (SSSR count). The average molecular weight is 254 g/mol. The van der Waals surface area contributed by atoms with E-state index in [0.717, 1.165) is 0 Å². The van der Waals surface area contributed by atoms with E-state index >= 15 is 0 Å². The molecule has 0 bridgehead atoms. The summed E-state index contributed by atoms with van der Waals surface area (Å²) < 4.78 is 1.59. The number of carbonyl (C=O) groups is 2. The van der Waals surface area contributed by atoms with E-state index in [0.29, 0.717) is 25.1 Å². The summed E-state index contributed by atoms with van der Waals surface area (Å²) in [6.07, 6.45) is 3.51. The summed E-state index contributed by atoms with van der Waals surface area (Å²) in [5.41, 5.74) is 4.00. The van der Waals surface area contributed by atoms with E-state index in [1.54, 1.807) is 16.9 Å². The molecule has 5 N–H and O–H groups in total. The van der Waals surface area contributed by atoms with Gasteiger partial charge in [-0.2, -0.15) is 0 Å². The first kappa shape index (κ1) is 14.0. The maximum Gasteiger partial charge on any atom is 0.362 e. The fourth-order valence-electron chi connectivity index (χ4n) is 1.33. The number of carboxylic acids is 1. The number of hydrogen-bond acceptors (Lipinski definition) is 3. The molecule has 18 heavy (non-hydrogen) atoms. The minimum absolute atomic E-state index is 0.169. The lowest BCUT2D eigenvalue weighted by atomic mass is 10.2. The second-order valence-corrected chi connectivity index (χ2v) is 3.86. The third-order valence-electron chi connectivity index (χ3n) is 2.43. The SMILES string of the molecule is CCNC(=O)c1cc[n+](CC[C@H]([NH3+])C(=O)O)nc1. The van der Waals surface area contributed by atoms with Gasteiger partial charge in [-0.3, -0.25) is 4.79 Å². The van der Waals surface area contributed by atoms with Crippen molar-refractivity contribution in [1.82, 2.24) is 10.4 Å². The van der Waals surface area contributed by atoms with E-state index < -0.39 is 12.0 Å². The van der Waals surface area contributed by atoms with Crippen molar-refractivity contribution < 1.29 is 25.1 Å². The van der Waals surface area contributed by atoms with Crippen LogP contribution in [0.15, 0.2) is 18.5 Å². The van der Waals surface area contributed by atoms with Crippen LogP contribution in [-0.2, 0) is 11.3 Å². The van der Waals surface area contributed by atoms with E-state index in [-0.39, 0.29) is 5.91 Å². The first-order valence-corrected chi connectivity index (χ1v) is 5.74. The lowest BCUT2D eigenvalue weighted by molar-refractivity contribution is -0.756. The second kappa shape index (κ2) is 6.65. The van der Waals surface area contributed by atoms with E-state index in [1.807, 2.05) is 6.92 Å². The second-order valence-electron chi connectivity index (χ2n) is 3.86. The molecular weight excluding hydrogens is 236 g/mol. The summed E-state index contributed by atoms with van der Waals surface area (Å²) >= 11 is 0. The van der Waals surface area contributed by atoms with E-state index in [4.69, 9.17) is 5.11 Å². The molecule has 0 aliphatic heterocycles. The molecule has 1 aromatic heterocycles. The van der Waals surface area contributed by atoms with Crippen LogP contribution in [0.1, 0.15) is 23.7 Å². The number of hydrogen-bond donors (Lipinski definition) is 3. The maximum atomic E-state index is 11.5. The van der Waals surface area contributed by atoms with Gasteiger partial charge in [-0.25, -0.2) is 4.79 Å². The number of aromatic nitrogens is 2. The third kappa shape index (κ3) is 4.10. The number of quaternary nitrogens is 1. The van der Waals surface area contributed by atoms with Crippen molar-refractivity contribution in [2.75, 3.05) is 6.54 Å². The van der Waals surface area contributed by atoms with Crippen molar-refractivity contribution in [3.63, 3.8) is 0 Å². The van der Waals surface area contributed by atoms with Crippen LogP contribution in [0.2, 0.25) is 0 Å². The van der Waals surface area contributed by atoms with Crippen LogP contribution in [0.25, 0.3) is 0 Å². The number of amides is 1. The molecule has 0 aromatic carbocycles. The molecule has 7 nitrogen and oxygen atoms in total. The maximum absolute atomic E-state index is 11.5. The van der Waals surface area contributed by atoms with Gasteiger partial charge in [0.05, 0.1) is 12.0 Å². The molecule has 0 spiro atoms. The van der Waals surface area contributed by atoms with Gasteiger partial charge in [-0.15, -0.1) is 0 Å². The lowest BCUT2D eigenvalue weighted by Gasteiger charge is -2.01. The molecule has 0 unspecified atom stereocenters.